The number of hydrogen-bond acceptors (Lipinski definition) is 5. The van der Waals surface area contributed by atoms with Crippen molar-refractivity contribution in [3.8, 4) is 5.75 Å². The van der Waals surface area contributed by atoms with Crippen molar-refractivity contribution < 1.29 is 14.5 Å². The van der Waals surface area contributed by atoms with Crippen LogP contribution in [0.4, 0.5) is 5.69 Å². The number of nitro groups is 1. The Kier molecular flexibility index (Phi) is 4.97. The van der Waals surface area contributed by atoms with Crippen LogP contribution in [0.5, 0.6) is 5.75 Å². The molecule has 1 fully saturated rings. The summed E-state index contributed by atoms with van der Waals surface area (Å²) in [7, 11) is 1.36. The number of carbonyl (C=O) groups excluding carboxylic acids is 1. The Bertz CT molecular complexity index is 566. The summed E-state index contributed by atoms with van der Waals surface area (Å²) in [5, 5.41) is 11.0. The number of nitrogens with zero attached hydrogens (tertiary/aromatic N) is 2. The molecule has 0 bridgehead atoms. The SMILES string of the molecule is COc1ccc(C(=O)N2CCC(C(C)N)CC2)cc1[N+](=O)[O-]. The minimum atomic E-state index is -0.544. The molecule has 1 heterocycles. The van der Waals surface area contributed by atoms with Crippen LogP contribution in [-0.4, -0.2) is 42.0 Å². The van der Waals surface area contributed by atoms with E-state index in [1.54, 1.807) is 11.0 Å². The van der Waals surface area contributed by atoms with Gasteiger partial charge in [-0.15, -0.1) is 0 Å². The molecule has 0 aliphatic carbocycles. The molecule has 1 aromatic carbocycles. The van der Waals surface area contributed by atoms with E-state index in [4.69, 9.17) is 10.5 Å². The Hall–Kier alpha value is -2.15. The predicted molar refractivity (Wildman–Crippen MR) is 81.9 cm³/mol. The smallest absolute Gasteiger partial charge is 0.311 e. The van der Waals surface area contributed by atoms with E-state index in [0.29, 0.717) is 24.6 Å². The quantitative estimate of drug-likeness (QED) is 0.675. The van der Waals surface area contributed by atoms with Crippen LogP contribution in [0.1, 0.15) is 30.1 Å². The second-order valence-electron chi connectivity index (χ2n) is 5.63. The van der Waals surface area contributed by atoms with Crippen molar-refractivity contribution >= 4 is 11.6 Å². The van der Waals surface area contributed by atoms with Crippen molar-refractivity contribution in [2.75, 3.05) is 20.2 Å². The highest BCUT2D eigenvalue weighted by molar-refractivity contribution is 5.95. The highest BCUT2D eigenvalue weighted by atomic mass is 16.6. The molecule has 0 spiro atoms. The Morgan fingerprint density at radius 2 is 2.09 bits per heavy atom. The maximum absolute atomic E-state index is 12.5. The average Bonchev–Trinajstić information content (AvgIpc) is 2.53. The van der Waals surface area contributed by atoms with Gasteiger partial charge >= 0.3 is 5.69 Å². The first-order valence-corrected chi connectivity index (χ1v) is 7.31. The molecule has 7 nitrogen and oxygen atoms in total. The van der Waals surface area contributed by atoms with Crippen LogP contribution in [0.15, 0.2) is 18.2 Å². The molecular formula is C15H21N3O4. The van der Waals surface area contributed by atoms with Gasteiger partial charge in [-0.1, -0.05) is 0 Å². The highest BCUT2D eigenvalue weighted by Gasteiger charge is 2.27. The van der Waals surface area contributed by atoms with Crippen molar-refractivity contribution in [1.82, 2.24) is 4.90 Å². The van der Waals surface area contributed by atoms with Gasteiger partial charge in [-0.2, -0.15) is 0 Å². The summed E-state index contributed by atoms with van der Waals surface area (Å²) in [6.45, 7) is 3.24. The first-order valence-electron chi connectivity index (χ1n) is 7.31. The van der Waals surface area contributed by atoms with Crippen molar-refractivity contribution in [2.45, 2.75) is 25.8 Å². The minimum Gasteiger partial charge on any atom is -0.490 e. The molecule has 0 saturated carbocycles. The zero-order valence-corrected chi connectivity index (χ0v) is 12.8. The molecule has 22 heavy (non-hydrogen) atoms. The number of piperidine rings is 1. The van der Waals surface area contributed by atoms with E-state index in [2.05, 4.69) is 0 Å². The lowest BCUT2D eigenvalue weighted by atomic mass is 9.90. The molecule has 1 aliphatic rings. The maximum Gasteiger partial charge on any atom is 0.311 e. The molecular weight excluding hydrogens is 286 g/mol. The van der Waals surface area contributed by atoms with E-state index in [1.807, 2.05) is 6.92 Å². The van der Waals surface area contributed by atoms with E-state index in [1.165, 1.54) is 19.2 Å². The van der Waals surface area contributed by atoms with Crippen LogP contribution < -0.4 is 10.5 Å². The average molecular weight is 307 g/mol. The van der Waals surface area contributed by atoms with Gasteiger partial charge in [-0.25, -0.2) is 0 Å². The Labute approximate surface area is 129 Å². The molecule has 0 aromatic heterocycles. The van der Waals surface area contributed by atoms with Crippen LogP contribution in [0.3, 0.4) is 0 Å². The zero-order valence-electron chi connectivity index (χ0n) is 12.8. The number of methoxy groups -OCH3 is 1. The van der Waals surface area contributed by atoms with E-state index in [9.17, 15) is 14.9 Å². The van der Waals surface area contributed by atoms with Gasteiger partial charge in [0.05, 0.1) is 12.0 Å². The summed E-state index contributed by atoms with van der Waals surface area (Å²) in [5.74, 6) is 0.389. The molecule has 2 rings (SSSR count). The van der Waals surface area contributed by atoms with Gasteiger partial charge in [0.25, 0.3) is 5.91 Å². The number of amides is 1. The predicted octanol–water partition coefficient (Wildman–Crippen LogP) is 1.80. The number of benzene rings is 1. The summed E-state index contributed by atoms with van der Waals surface area (Å²) in [6.07, 6.45) is 1.73. The monoisotopic (exact) mass is 307 g/mol. The Morgan fingerprint density at radius 3 is 2.59 bits per heavy atom. The van der Waals surface area contributed by atoms with Gasteiger partial charge in [0.1, 0.15) is 0 Å². The van der Waals surface area contributed by atoms with Crippen LogP contribution in [0.2, 0.25) is 0 Å². The van der Waals surface area contributed by atoms with E-state index < -0.39 is 4.92 Å². The third-order valence-electron chi connectivity index (χ3n) is 4.19. The lowest BCUT2D eigenvalue weighted by Gasteiger charge is -2.33. The molecule has 2 N–H and O–H groups in total. The summed E-state index contributed by atoms with van der Waals surface area (Å²) in [4.78, 5) is 24.7. The van der Waals surface area contributed by atoms with Gasteiger partial charge in [0, 0.05) is 30.8 Å². The lowest BCUT2D eigenvalue weighted by Crippen LogP contribution is -2.42. The molecule has 1 atom stereocenters. The molecule has 1 amide bonds. The number of hydrogen-bond donors (Lipinski definition) is 1. The summed E-state index contributed by atoms with van der Waals surface area (Å²) in [5.41, 5.74) is 6.01. The third-order valence-corrected chi connectivity index (χ3v) is 4.19. The van der Waals surface area contributed by atoms with Crippen molar-refractivity contribution in [3.05, 3.63) is 33.9 Å². The minimum absolute atomic E-state index is 0.124. The third kappa shape index (κ3) is 3.36. The van der Waals surface area contributed by atoms with Crippen LogP contribution in [0, 0.1) is 16.0 Å². The summed E-state index contributed by atoms with van der Waals surface area (Å²) in [6, 6.07) is 4.42. The molecule has 0 radical (unpaired) electrons. The first-order chi connectivity index (χ1) is 10.4. The number of likely N-dealkylation sites (tertiary alicyclic amines) is 1. The number of carbonyl (C=O) groups is 1. The summed E-state index contributed by atoms with van der Waals surface area (Å²) < 4.78 is 4.95. The van der Waals surface area contributed by atoms with E-state index in [-0.39, 0.29) is 23.4 Å². The fourth-order valence-electron chi connectivity index (χ4n) is 2.78. The van der Waals surface area contributed by atoms with E-state index in [0.717, 1.165) is 12.8 Å². The molecule has 1 aliphatic heterocycles. The Morgan fingerprint density at radius 1 is 1.45 bits per heavy atom. The van der Waals surface area contributed by atoms with Crippen LogP contribution >= 0.6 is 0 Å². The molecule has 1 saturated heterocycles. The second-order valence-corrected chi connectivity index (χ2v) is 5.63. The Balaban J connectivity index is 2.13. The first kappa shape index (κ1) is 16.2. The van der Waals surface area contributed by atoms with Crippen molar-refractivity contribution in [1.29, 1.82) is 0 Å². The molecule has 7 heteroatoms. The van der Waals surface area contributed by atoms with Crippen LogP contribution in [-0.2, 0) is 0 Å². The number of rotatable bonds is 4. The molecule has 1 unspecified atom stereocenters. The summed E-state index contributed by atoms with van der Waals surface area (Å²) >= 11 is 0. The van der Waals surface area contributed by atoms with Crippen LogP contribution in [0.25, 0.3) is 0 Å². The number of nitro benzene ring substituents is 1. The van der Waals surface area contributed by atoms with Crippen molar-refractivity contribution in [3.63, 3.8) is 0 Å². The zero-order chi connectivity index (χ0) is 16.3. The van der Waals surface area contributed by atoms with Crippen molar-refractivity contribution in [2.24, 2.45) is 11.7 Å². The fourth-order valence-corrected chi connectivity index (χ4v) is 2.78. The normalized spacial score (nSPS) is 17.1. The topological polar surface area (TPSA) is 98.7 Å². The van der Waals surface area contributed by atoms with Gasteiger partial charge in [-0.3, -0.25) is 14.9 Å². The lowest BCUT2D eigenvalue weighted by molar-refractivity contribution is -0.385. The van der Waals surface area contributed by atoms with Gasteiger partial charge < -0.3 is 15.4 Å². The van der Waals surface area contributed by atoms with Gasteiger partial charge in [0.15, 0.2) is 5.75 Å². The molecule has 1 aromatic rings. The van der Waals surface area contributed by atoms with Gasteiger partial charge in [0.2, 0.25) is 0 Å². The fraction of sp³-hybridized carbons (Fsp3) is 0.533. The highest BCUT2D eigenvalue weighted by Crippen LogP contribution is 2.29. The molecule has 120 valence electrons. The maximum atomic E-state index is 12.5. The largest absolute Gasteiger partial charge is 0.490 e. The second kappa shape index (κ2) is 6.74. The van der Waals surface area contributed by atoms with Gasteiger partial charge in [-0.05, 0) is 37.8 Å². The number of nitrogens with two attached hydrogens (primary N) is 1. The standard InChI is InChI=1S/C15H21N3O4/c1-10(16)11-5-7-17(8-6-11)15(19)12-3-4-14(22-2)13(9-12)18(20)21/h3-4,9-11H,5-8,16H2,1-2H3. The van der Waals surface area contributed by atoms with E-state index >= 15 is 0 Å². The number of ether oxygens (including phenoxy) is 1.